The van der Waals surface area contributed by atoms with Gasteiger partial charge in [-0.25, -0.2) is 0 Å². The molecule has 138 valence electrons. The molecule has 0 aliphatic carbocycles. The summed E-state index contributed by atoms with van der Waals surface area (Å²) in [6, 6.07) is 44.9. The molecule has 0 radical (unpaired) electrons. The number of hydrogen-bond donors (Lipinski definition) is 0. The van der Waals surface area contributed by atoms with Crippen molar-refractivity contribution < 1.29 is 0 Å². The first-order valence-electron chi connectivity index (χ1n) is 9.88. The Labute approximate surface area is 171 Å². The molecule has 0 spiro atoms. The Morgan fingerprint density at radius 3 is 1.66 bits per heavy atom. The van der Waals surface area contributed by atoms with Crippen LogP contribution in [-0.4, -0.2) is 0 Å². The van der Waals surface area contributed by atoms with E-state index >= 15 is 0 Å². The van der Waals surface area contributed by atoms with E-state index in [1.165, 1.54) is 27.6 Å². The van der Waals surface area contributed by atoms with Crippen LogP contribution in [0.5, 0.6) is 0 Å². The average molecular weight is 371 g/mol. The molecule has 0 aliphatic heterocycles. The highest BCUT2D eigenvalue weighted by atomic mass is 15.1. The first kappa shape index (κ1) is 17.3. The smallest absolute Gasteiger partial charge is 0.0540 e. The van der Waals surface area contributed by atoms with Crippen LogP contribution in [0, 0.1) is 0 Å². The zero-order chi connectivity index (χ0) is 19.5. The Balaban J connectivity index is 1.72. The van der Waals surface area contributed by atoms with E-state index in [9.17, 15) is 0 Å². The van der Waals surface area contributed by atoms with Crippen LogP contribution in [0.3, 0.4) is 0 Å². The minimum atomic E-state index is 1.15. The van der Waals surface area contributed by atoms with Crippen LogP contribution in [0.4, 0.5) is 17.1 Å². The molecule has 0 N–H and O–H groups in total. The zero-order valence-corrected chi connectivity index (χ0v) is 16.1. The first-order valence-corrected chi connectivity index (χ1v) is 9.88. The van der Waals surface area contributed by atoms with Crippen molar-refractivity contribution in [3.8, 4) is 11.1 Å². The van der Waals surface area contributed by atoms with Crippen molar-refractivity contribution in [1.29, 1.82) is 0 Å². The Bertz CT molecular complexity index is 1200. The van der Waals surface area contributed by atoms with Gasteiger partial charge in [-0.1, -0.05) is 91.0 Å². The fraction of sp³-hybridized carbons (Fsp3) is 0. The molecule has 0 unspecified atom stereocenters. The van der Waals surface area contributed by atoms with Crippen molar-refractivity contribution in [3.05, 3.63) is 127 Å². The zero-order valence-electron chi connectivity index (χ0n) is 16.1. The summed E-state index contributed by atoms with van der Waals surface area (Å²) < 4.78 is 0. The van der Waals surface area contributed by atoms with Crippen molar-refractivity contribution in [2.45, 2.75) is 0 Å². The second-order valence-electron chi connectivity index (χ2n) is 7.09. The number of para-hydroxylation sites is 3. The number of benzene rings is 5. The third kappa shape index (κ3) is 3.39. The van der Waals surface area contributed by atoms with E-state index < -0.39 is 0 Å². The Morgan fingerprint density at radius 2 is 0.966 bits per heavy atom. The summed E-state index contributed by atoms with van der Waals surface area (Å²) in [7, 11) is 0. The van der Waals surface area contributed by atoms with Gasteiger partial charge in [-0.2, -0.15) is 0 Å². The molecule has 0 aliphatic rings. The lowest BCUT2D eigenvalue weighted by Gasteiger charge is -2.27. The largest absolute Gasteiger partial charge is 0.310 e. The van der Waals surface area contributed by atoms with Crippen LogP contribution >= 0.6 is 0 Å². The van der Waals surface area contributed by atoms with Gasteiger partial charge in [0.05, 0.1) is 5.69 Å². The van der Waals surface area contributed by atoms with E-state index in [0.29, 0.717) is 0 Å². The summed E-state index contributed by atoms with van der Waals surface area (Å²) in [5, 5.41) is 2.52. The molecule has 0 bridgehead atoms. The molecule has 5 aromatic carbocycles. The Hall–Kier alpha value is -3.84. The van der Waals surface area contributed by atoms with Gasteiger partial charge in [0.25, 0.3) is 0 Å². The van der Waals surface area contributed by atoms with E-state index in [0.717, 1.165) is 11.4 Å². The summed E-state index contributed by atoms with van der Waals surface area (Å²) >= 11 is 0. The monoisotopic (exact) mass is 371 g/mol. The van der Waals surface area contributed by atoms with Crippen molar-refractivity contribution in [3.63, 3.8) is 0 Å². The van der Waals surface area contributed by atoms with Gasteiger partial charge < -0.3 is 4.90 Å². The number of anilines is 3. The van der Waals surface area contributed by atoms with Gasteiger partial charge in [-0.05, 0) is 52.7 Å². The molecule has 0 saturated heterocycles. The minimum Gasteiger partial charge on any atom is -0.310 e. The van der Waals surface area contributed by atoms with E-state index in [2.05, 4.69) is 132 Å². The van der Waals surface area contributed by atoms with Gasteiger partial charge in [0.2, 0.25) is 0 Å². The Kier molecular flexibility index (Phi) is 4.56. The summed E-state index contributed by atoms with van der Waals surface area (Å²) in [4.78, 5) is 2.32. The molecule has 1 nitrogen and oxygen atoms in total. The third-order valence-electron chi connectivity index (χ3n) is 5.23. The quantitative estimate of drug-likeness (QED) is 0.309. The van der Waals surface area contributed by atoms with Crippen LogP contribution in [-0.2, 0) is 0 Å². The lowest BCUT2D eigenvalue weighted by molar-refractivity contribution is 1.28. The van der Waals surface area contributed by atoms with Crippen LogP contribution in [0.2, 0.25) is 0 Å². The summed E-state index contributed by atoms with van der Waals surface area (Å²) in [6.45, 7) is 0. The molecule has 5 aromatic rings. The molecule has 0 saturated carbocycles. The van der Waals surface area contributed by atoms with E-state index in [1.54, 1.807) is 0 Å². The number of rotatable bonds is 4. The predicted octanol–water partition coefficient (Wildman–Crippen LogP) is 7.98. The van der Waals surface area contributed by atoms with Crippen molar-refractivity contribution in [1.82, 2.24) is 0 Å². The van der Waals surface area contributed by atoms with Crippen LogP contribution in [0.15, 0.2) is 127 Å². The molecule has 5 rings (SSSR count). The molecule has 1 heteroatoms. The Morgan fingerprint density at radius 1 is 0.414 bits per heavy atom. The fourth-order valence-corrected chi connectivity index (χ4v) is 3.85. The second kappa shape index (κ2) is 7.65. The fourth-order valence-electron chi connectivity index (χ4n) is 3.85. The predicted molar refractivity (Wildman–Crippen MR) is 124 cm³/mol. The van der Waals surface area contributed by atoms with E-state index in [-0.39, 0.29) is 0 Å². The van der Waals surface area contributed by atoms with Gasteiger partial charge in [0.1, 0.15) is 0 Å². The SMILES string of the molecule is c1ccc(N(c2ccccc2)c2ccccc2-c2ccc3ccccc3c2)cc1. The number of fused-ring (bicyclic) bond motifs is 1. The number of nitrogens with zero attached hydrogens (tertiary/aromatic N) is 1. The molecule has 0 fully saturated rings. The van der Waals surface area contributed by atoms with Gasteiger partial charge in [-0.15, -0.1) is 0 Å². The molecular formula is C28H21N. The van der Waals surface area contributed by atoms with Gasteiger partial charge in [0, 0.05) is 16.9 Å². The third-order valence-corrected chi connectivity index (χ3v) is 5.23. The summed E-state index contributed by atoms with van der Waals surface area (Å²) in [5.41, 5.74) is 5.89. The lowest BCUT2D eigenvalue weighted by atomic mass is 9.98. The lowest BCUT2D eigenvalue weighted by Crippen LogP contribution is -2.10. The number of hydrogen-bond acceptors (Lipinski definition) is 1. The van der Waals surface area contributed by atoms with Gasteiger partial charge >= 0.3 is 0 Å². The highest BCUT2D eigenvalue weighted by Crippen LogP contribution is 2.40. The van der Waals surface area contributed by atoms with E-state index in [4.69, 9.17) is 0 Å². The molecule has 0 aromatic heterocycles. The molecule has 29 heavy (non-hydrogen) atoms. The van der Waals surface area contributed by atoms with Crippen LogP contribution in [0.1, 0.15) is 0 Å². The summed E-state index contributed by atoms with van der Waals surface area (Å²) in [5.74, 6) is 0. The molecule has 0 heterocycles. The normalized spacial score (nSPS) is 10.8. The topological polar surface area (TPSA) is 3.24 Å². The van der Waals surface area contributed by atoms with Crippen LogP contribution < -0.4 is 4.90 Å². The van der Waals surface area contributed by atoms with Crippen molar-refractivity contribution >= 4 is 27.8 Å². The molecule has 0 atom stereocenters. The maximum absolute atomic E-state index is 2.32. The highest BCUT2D eigenvalue weighted by molar-refractivity contribution is 5.92. The average Bonchev–Trinajstić information content (AvgIpc) is 2.81. The van der Waals surface area contributed by atoms with Gasteiger partial charge in [0.15, 0.2) is 0 Å². The standard InChI is InChI=1S/C28H21N/c1-3-13-25(14-4-1)29(26-15-5-2-6-16-26)28-18-10-9-17-27(28)24-20-19-22-11-7-8-12-23(22)21-24/h1-21H. The first-order chi connectivity index (χ1) is 14.4. The maximum Gasteiger partial charge on any atom is 0.0540 e. The van der Waals surface area contributed by atoms with Crippen molar-refractivity contribution in [2.75, 3.05) is 4.90 Å². The summed E-state index contributed by atoms with van der Waals surface area (Å²) in [6.07, 6.45) is 0. The van der Waals surface area contributed by atoms with Crippen LogP contribution in [0.25, 0.3) is 21.9 Å². The van der Waals surface area contributed by atoms with Crippen molar-refractivity contribution in [2.24, 2.45) is 0 Å². The minimum absolute atomic E-state index is 1.15. The highest BCUT2D eigenvalue weighted by Gasteiger charge is 2.16. The molecular weight excluding hydrogens is 350 g/mol. The maximum atomic E-state index is 2.32. The molecule has 0 amide bonds. The van der Waals surface area contributed by atoms with E-state index in [1.807, 2.05) is 0 Å². The second-order valence-corrected chi connectivity index (χ2v) is 7.09. The van der Waals surface area contributed by atoms with Gasteiger partial charge in [-0.3, -0.25) is 0 Å².